The Balaban J connectivity index is 1.86. The lowest BCUT2D eigenvalue weighted by molar-refractivity contribution is -0.384. The highest BCUT2D eigenvalue weighted by Crippen LogP contribution is 2.11. The summed E-state index contributed by atoms with van der Waals surface area (Å²) in [6.07, 6.45) is 2.57. The average molecular weight is 275 g/mol. The molecule has 1 aromatic heterocycles. The number of rotatable bonds is 7. The first-order valence-corrected chi connectivity index (χ1v) is 6.51. The number of nitro groups is 1. The van der Waals surface area contributed by atoms with Crippen molar-refractivity contribution < 1.29 is 4.92 Å². The van der Waals surface area contributed by atoms with E-state index in [9.17, 15) is 10.1 Å². The number of nitro benzene ring substituents is 1. The fourth-order valence-corrected chi connectivity index (χ4v) is 1.88. The van der Waals surface area contributed by atoms with Gasteiger partial charge in [0.2, 0.25) is 0 Å². The third kappa shape index (κ3) is 3.61. The lowest BCUT2D eigenvalue weighted by atomic mass is 10.2. The highest BCUT2D eigenvalue weighted by molar-refractivity contribution is 5.32. The highest BCUT2D eigenvalue weighted by atomic mass is 16.6. The van der Waals surface area contributed by atoms with E-state index in [1.807, 2.05) is 4.68 Å². The third-order valence-electron chi connectivity index (χ3n) is 2.89. The Morgan fingerprint density at radius 3 is 2.70 bits per heavy atom. The van der Waals surface area contributed by atoms with Crippen LogP contribution in [-0.4, -0.2) is 19.7 Å². The minimum atomic E-state index is -0.398. The minimum absolute atomic E-state index is 0.108. The molecule has 0 atom stereocenters. The molecule has 0 fully saturated rings. The van der Waals surface area contributed by atoms with Gasteiger partial charge in [-0.1, -0.05) is 19.1 Å². The number of hydrogen-bond donors (Lipinski definition) is 1. The van der Waals surface area contributed by atoms with Crippen molar-refractivity contribution in [2.24, 2.45) is 0 Å². The first kappa shape index (κ1) is 14.1. The summed E-state index contributed by atoms with van der Waals surface area (Å²) >= 11 is 0. The Kier molecular flexibility index (Phi) is 4.78. The second-order valence-corrected chi connectivity index (χ2v) is 4.43. The number of non-ortho nitro benzene ring substituents is 1. The van der Waals surface area contributed by atoms with E-state index in [1.54, 1.807) is 18.5 Å². The van der Waals surface area contributed by atoms with Crippen molar-refractivity contribution >= 4 is 5.69 Å². The molecule has 106 valence electrons. The molecule has 7 heteroatoms. The molecule has 1 heterocycles. The fourth-order valence-electron chi connectivity index (χ4n) is 1.88. The Morgan fingerprint density at radius 2 is 2.05 bits per heavy atom. The van der Waals surface area contributed by atoms with E-state index < -0.39 is 4.92 Å². The summed E-state index contributed by atoms with van der Waals surface area (Å²) in [5, 5.41) is 18.0. The van der Waals surface area contributed by atoms with Gasteiger partial charge in [-0.25, -0.2) is 9.67 Å². The number of aryl methyl sites for hydroxylation is 1. The predicted molar refractivity (Wildman–Crippen MR) is 74.0 cm³/mol. The van der Waals surface area contributed by atoms with Gasteiger partial charge in [-0.05, 0) is 12.0 Å². The molecule has 0 unspecified atom stereocenters. The van der Waals surface area contributed by atoms with E-state index in [1.165, 1.54) is 12.1 Å². The summed E-state index contributed by atoms with van der Waals surface area (Å²) in [5.74, 6) is 0.897. The Morgan fingerprint density at radius 1 is 1.30 bits per heavy atom. The number of nitrogens with one attached hydrogen (secondary N) is 1. The van der Waals surface area contributed by atoms with Gasteiger partial charge in [-0.3, -0.25) is 10.1 Å². The molecule has 0 saturated carbocycles. The summed E-state index contributed by atoms with van der Waals surface area (Å²) in [6, 6.07) is 6.52. The second-order valence-electron chi connectivity index (χ2n) is 4.43. The van der Waals surface area contributed by atoms with Gasteiger partial charge in [0.15, 0.2) is 0 Å². The summed E-state index contributed by atoms with van der Waals surface area (Å²) in [6.45, 7) is 4.21. The van der Waals surface area contributed by atoms with Crippen LogP contribution in [0.2, 0.25) is 0 Å². The molecule has 1 N–H and O–H groups in total. The van der Waals surface area contributed by atoms with Crippen molar-refractivity contribution in [1.82, 2.24) is 20.1 Å². The maximum Gasteiger partial charge on any atom is 0.269 e. The zero-order valence-electron chi connectivity index (χ0n) is 11.3. The summed E-state index contributed by atoms with van der Waals surface area (Å²) in [4.78, 5) is 14.4. The van der Waals surface area contributed by atoms with Crippen molar-refractivity contribution in [3.63, 3.8) is 0 Å². The molecule has 0 aliphatic rings. The van der Waals surface area contributed by atoms with Crippen molar-refractivity contribution in [2.75, 3.05) is 0 Å². The van der Waals surface area contributed by atoms with E-state index in [0.29, 0.717) is 13.1 Å². The van der Waals surface area contributed by atoms with Crippen molar-refractivity contribution in [1.29, 1.82) is 0 Å². The molecular weight excluding hydrogens is 258 g/mol. The maximum atomic E-state index is 10.6. The van der Waals surface area contributed by atoms with Crippen LogP contribution in [0.3, 0.4) is 0 Å². The molecule has 0 aliphatic heterocycles. The topological polar surface area (TPSA) is 85.9 Å². The number of hydrogen-bond acceptors (Lipinski definition) is 5. The molecule has 0 bridgehead atoms. The van der Waals surface area contributed by atoms with Gasteiger partial charge in [-0.2, -0.15) is 5.10 Å². The van der Waals surface area contributed by atoms with Crippen LogP contribution in [0.4, 0.5) is 5.69 Å². The third-order valence-corrected chi connectivity index (χ3v) is 2.89. The minimum Gasteiger partial charge on any atom is -0.306 e. The van der Waals surface area contributed by atoms with Gasteiger partial charge in [0.05, 0.1) is 11.5 Å². The van der Waals surface area contributed by atoms with E-state index in [-0.39, 0.29) is 5.69 Å². The predicted octanol–water partition coefficient (Wildman–Crippen LogP) is 1.89. The van der Waals surface area contributed by atoms with E-state index in [2.05, 4.69) is 22.3 Å². The second kappa shape index (κ2) is 6.76. The van der Waals surface area contributed by atoms with E-state index >= 15 is 0 Å². The van der Waals surface area contributed by atoms with Crippen LogP contribution in [-0.2, 0) is 19.6 Å². The zero-order chi connectivity index (χ0) is 14.4. The van der Waals surface area contributed by atoms with Crippen LogP contribution in [0.15, 0.2) is 30.6 Å². The van der Waals surface area contributed by atoms with E-state index in [0.717, 1.165) is 24.4 Å². The van der Waals surface area contributed by atoms with Crippen LogP contribution in [0, 0.1) is 10.1 Å². The number of nitrogens with zero attached hydrogens (tertiary/aromatic N) is 4. The zero-order valence-corrected chi connectivity index (χ0v) is 11.3. The smallest absolute Gasteiger partial charge is 0.269 e. The Labute approximate surface area is 116 Å². The molecule has 2 rings (SSSR count). The molecule has 1 aromatic carbocycles. The number of aromatic nitrogens is 3. The van der Waals surface area contributed by atoms with Crippen molar-refractivity contribution in [3.8, 4) is 0 Å². The standard InChI is InChI=1S/C13H17N5O2/c1-2-7-17-13(15-10-16-17)9-14-8-11-3-5-12(6-4-11)18(19)20/h3-6,10,14H,2,7-9H2,1H3. The van der Waals surface area contributed by atoms with Crippen LogP contribution < -0.4 is 5.32 Å². The SMILES string of the molecule is CCCn1ncnc1CNCc1ccc([N+](=O)[O-])cc1. The molecule has 7 nitrogen and oxygen atoms in total. The Hall–Kier alpha value is -2.28. The quantitative estimate of drug-likeness (QED) is 0.616. The average Bonchev–Trinajstić information content (AvgIpc) is 2.87. The van der Waals surface area contributed by atoms with Gasteiger partial charge in [0.1, 0.15) is 12.2 Å². The van der Waals surface area contributed by atoms with Gasteiger partial charge in [-0.15, -0.1) is 0 Å². The van der Waals surface area contributed by atoms with Gasteiger partial charge >= 0.3 is 0 Å². The van der Waals surface area contributed by atoms with Gasteiger partial charge in [0, 0.05) is 25.2 Å². The molecule has 0 aliphatic carbocycles. The van der Waals surface area contributed by atoms with E-state index in [4.69, 9.17) is 0 Å². The molecular formula is C13H17N5O2. The van der Waals surface area contributed by atoms with Gasteiger partial charge < -0.3 is 5.32 Å². The first-order valence-electron chi connectivity index (χ1n) is 6.51. The molecule has 0 amide bonds. The molecule has 0 radical (unpaired) electrons. The van der Waals surface area contributed by atoms with Crippen molar-refractivity contribution in [2.45, 2.75) is 33.0 Å². The first-order chi connectivity index (χ1) is 9.70. The van der Waals surface area contributed by atoms with Crippen molar-refractivity contribution in [3.05, 3.63) is 52.1 Å². The largest absolute Gasteiger partial charge is 0.306 e. The molecule has 0 spiro atoms. The highest BCUT2D eigenvalue weighted by Gasteiger charge is 2.05. The lowest BCUT2D eigenvalue weighted by Gasteiger charge is -2.06. The maximum absolute atomic E-state index is 10.6. The van der Waals surface area contributed by atoms with Crippen LogP contribution in [0.25, 0.3) is 0 Å². The molecule has 2 aromatic rings. The van der Waals surface area contributed by atoms with Crippen LogP contribution in [0.1, 0.15) is 24.7 Å². The van der Waals surface area contributed by atoms with Crippen LogP contribution >= 0.6 is 0 Å². The normalized spacial score (nSPS) is 10.7. The number of benzene rings is 1. The summed E-state index contributed by atoms with van der Waals surface area (Å²) < 4.78 is 1.88. The Bertz CT molecular complexity index is 564. The molecule has 20 heavy (non-hydrogen) atoms. The monoisotopic (exact) mass is 275 g/mol. The lowest BCUT2D eigenvalue weighted by Crippen LogP contribution is -2.17. The fraction of sp³-hybridized carbons (Fsp3) is 0.385. The van der Waals surface area contributed by atoms with Gasteiger partial charge in [0.25, 0.3) is 5.69 Å². The summed E-state index contributed by atoms with van der Waals surface area (Å²) in [5.41, 5.74) is 1.11. The molecule has 0 saturated heterocycles. The summed E-state index contributed by atoms with van der Waals surface area (Å²) in [7, 11) is 0. The van der Waals surface area contributed by atoms with Crippen LogP contribution in [0.5, 0.6) is 0 Å².